The molecule has 1 aromatic heterocycles. The molecule has 8 heteroatoms. The molecule has 0 saturated heterocycles. The van der Waals surface area contributed by atoms with Crippen molar-refractivity contribution in [3.05, 3.63) is 51.7 Å². The molecule has 3 N–H and O–H groups in total. The zero-order chi connectivity index (χ0) is 18.7. The standard InChI is InChI=1S/C18H19N3O3S2/c1-18(8-10-26-17(19)21-18)12-5-3-11(4-6-12)15(22)20-13-7-9-25-14(13)16(23)24-2/h3-7,9H,8,10H2,1-2H3,(H2,19,21)(H,20,22). The van der Waals surface area contributed by atoms with Crippen molar-refractivity contribution in [2.24, 2.45) is 10.7 Å². The van der Waals surface area contributed by atoms with Crippen LogP contribution in [0.25, 0.3) is 0 Å². The molecule has 1 amide bonds. The van der Waals surface area contributed by atoms with Gasteiger partial charge in [0.2, 0.25) is 0 Å². The summed E-state index contributed by atoms with van der Waals surface area (Å²) < 4.78 is 4.72. The van der Waals surface area contributed by atoms with Crippen LogP contribution >= 0.6 is 23.1 Å². The topological polar surface area (TPSA) is 93.8 Å². The molecule has 1 aromatic carbocycles. The van der Waals surface area contributed by atoms with Gasteiger partial charge in [0.05, 0.1) is 18.3 Å². The molecule has 0 bridgehead atoms. The van der Waals surface area contributed by atoms with Crippen molar-refractivity contribution >= 4 is 45.8 Å². The number of amides is 1. The van der Waals surface area contributed by atoms with Gasteiger partial charge in [0.1, 0.15) is 4.88 Å². The maximum absolute atomic E-state index is 12.5. The zero-order valence-corrected chi connectivity index (χ0v) is 16.1. The average Bonchev–Trinajstić information content (AvgIpc) is 3.09. The monoisotopic (exact) mass is 389 g/mol. The number of benzene rings is 1. The number of rotatable bonds is 4. The lowest BCUT2D eigenvalue weighted by molar-refractivity contribution is 0.0607. The quantitative estimate of drug-likeness (QED) is 0.781. The normalized spacial score (nSPS) is 19.5. The van der Waals surface area contributed by atoms with Gasteiger partial charge in [0.15, 0.2) is 5.17 Å². The number of carbonyl (C=O) groups excluding carboxylic acids is 2. The van der Waals surface area contributed by atoms with Crippen LogP contribution in [-0.4, -0.2) is 29.9 Å². The first-order chi connectivity index (χ1) is 12.4. The fourth-order valence-electron chi connectivity index (χ4n) is 2.73. The van der Waals surface area contributed by atoms with Crippen LogP contribution < -0.4 is 11.1 Å². The van der Waals surface area contributed by atoms with Gasteiger partial charge >= 0.3 is 5.97 Å². The third-order valence-electron chi connectivity index (χ3n) is 4.25. The van der Waals surface area contributed by atoms with Gasteiger partial charge in [-0.2, -0.15) is 0 Å². The van der Waals surface area contributed by atoms with Crippen molar-refractivity contribution in [2.75, 3.05) is 18.2 Å². The van der Waals surface area contributed by atoms with Crippen LogP contribution in [0.2, 0.25) is 0 Å². The summed E-state index contributed by atoms with van der Waals surface area (Å²) in [5.41, 5.74) is 7.47. The van der Waals surface area contributed by atoms with E-state index in [1.807, 2.05) is 19.1 Å². The van der Waals surface area contributed by atoms with Gasteiger partial charge in [-0.1, -0.05) is 23.9 Å². The highest BCUT2D eigenvalue weighted by Crippen LogP contribution is 2.35. The van der Waals surface area contributed by atoms with Crippen molar-refractivity contribution in [3.8, 4) is 0 Å². The number of aliphatic imine (C=N–C) groups is 1. The smallest absolute Gasteiger partial charge is 0.350 e. The molecule has 0 aliphatic carbocycles. The molecule has 26 heavy (non-hydrogen) atoms. The van der Waals surface area contributed by atoms with Crippen molar-refractivity contribution < 1.29 is 14.3 Å². The van der Waals surface area contributed by atoms with E-state index in [0.717, 1.165) is 17.7 Å². The van der Waals surface area contributed by atoms with Gasteiger partial charge < -0.3 is 15.8 Å². The van der Waals surface area contributed by atoms with E-state index < -0.39 is 5.97 Å². The van der Waals surface area contributed by atoms with E-state index in [1.165, 1.54) is 18.4 Å². The summed E-state index contributed by atoms with van der Waals surface area (Å²) >= 11 is 2.78. The summed E-state index contributed by atoms with van der Waals surface area (Å²) in [6, 6.07) is 9.00. The highest BCUT2D eigenvalue weighted by Gasteiger charge is 2.29. The van der Waals surface area contributed by atoms with E-state index in [4.69, 9.17) is 10.5 Å². The molecule has 3 rings (SSSR count). The Hall–Kier alpha value is -2.32. The number of carbonyl (C=O) groups is 2. The first-order valence-electron chi connectivity index (χ1n) is 7.99. The van der Waals surface area contributed by atoms with Gasteiger partial charge in [0.25, 0.3) is 5.91 Å². The van der Waals surface area contributed by atoms with Gasteiger partial charge in [-0.15, -0.1) is 11.3 Å². The molecule has 0 radical (unpaired) electrons. The SMILES string of the molecule is COC(=O)c1sccc1NC(=O)c1ccc(C2(C)CCSC(N)=N2)cc1. The third-order valence-corrected chi connectivity index (χ3v) is 5.94. The number of nitrogens with zero attached hydrogens (tertiary/aromatic N) is 1. The van der Waals surface area contributed by atoms with Crippen molar-refractivity contribution in [1.82, 2.24) is 0 Å². The summed E-state index contributed by atoms with van der Waals surface area (Å²) in [6.07, 6.45) is 0.890. The van der Waals surface area contributed by atoms with E-state index in [2.05, 4.69) is 10.3 Å². The average molecular weight is 390 g/mol. The molecule has 0 fully saturated rings. The Kier molecular flexibility index (Phi) is 5.33. The minimum Gasteiger partial charge on any atom is -0.465 e. The van der Waals surface area contributed by atoms with E-state index in [1.54, 1.807) is 35.3 Å². The lowest BCUT2D eigenvalue weighted by Gasteiger charge is -2.29. The number of amidine groups is 1. The predicted octanol–water partition coefficient (Wildman–Crippen LogP) is 3.45. The predicted molar refractivity (Wildman–Crippen MR) is 106 cm³/mol. The minimum absolute atomic E-state index is 0.285. The van der Waals surface area contributed by atoms with Crippen molar-refractivity contribution in [3.63, 3.8) is 0 Å². The summed E-state index contributed by atoms with van der Waals surface area (Å²) in [4.78, 5) is 29.1. The number of hydrogen-bond acceptors (Lipinski definition) is 7. The Bertz CT molecular complexity index is 861. The first-order valence-corrected chi connectivity index (χ1v) is 9.85. The number of thiophene rings is 1. The Morgan fingerprint density at radius 2 is 2.00 bits per heavy atom. The second kappa shape index (κ2) is 7.51. The molecule has 6 nitrogen and oxygen atoms in total. The van der Waals surface area contributed by atoms with Crippen LogP contribution in [0.1, 0.15) is 38.9 Å². The highest BCUT2D eigenvalue weighted by atomic mass is 32.2. The second-order valence-corrected chi connectivity index (χ2v) is 8.04. The van der Waals surface area contributed by atoms with Crippen LogP contribution in [0.3, 0.4) is 0 Å². The van der Waals surface area contributed by atoms with E-state index >= 15 is 0 Å². The first kappa shape index (κ1) is 18.5. The lowest BCUT2D eigenvalue weighted by atomic mass is 9.89. The minimum atomic E-state index is -0.468. The molecule has 1 aliphatic heterocycles. The summed E-state index contributed by atoms with van der Waals surface area (Å²) in [5, 5.41) is 5.08. The Morgan fingerprint density at radius 3 is 2.65 bits per heavy atom. The number of nitrogens with one attached hydrogen (secondary N) is 1. The number of ether oxygens (including phenoxy) is 1. The van der Waals surface area contributed by atoms with Gasteiger partial charge in [-0.25, -0.2) is 4.79 Å². The van der Waals surface area contributed by atoms with Crippen LogP contribution in [0.15, 0.2) is 40.7 Å². The second-order valence-electron chi connectivity index (χ2n) is 6.01. The summed E-state index contributed by atoms with van der Waals surface area (Å²) in [6.45, 7) is 2.04. The molecule has 2 heterocycles. The van der Waals surface area contributed by atoms with Gasteiger partial charge in [0, 0.05) is 11.3 Å². The van der Waals surface area contributed by atoms with Gasteiger partial charge in [-0.05, 0) is 42.5 Å². The number of hydrogen-bond donors (Lipinski definition) is 2. The van der Waals surface area contributed by atoms with Crippen LogP contribution in [0.5, 0.6) is 0 Å². The molecular formula is C18H19N3O3S2. The molecular weight excluding hydrogens is 370 g/mol. The van der Waals surface area contributed by atoms with E-state index in [0.29, 0.717) is 21.3 Å². The maximum Gasteiger partial charge on any atom is 0.350 e. The van der Waals surface area contributed by atoms with Crippen LogP contribution in [0.4, 0.5) is 5.69 Å². The molecule has 136 valence electrons. The third kappa shape index (κ3) is 3.76. The van der Waals surface area contributed by atoms with Gasteiger partial charge in [-0.3, -0.25) is 9.79 Å². The van der Waals surface area contributed by atoms with E-state index in [9.17, 15) is 9.59 Å². The number of nitrogens with two attached hydrogens (primary N) is 1. The number of thioether (sulfide) groups is 1. The van der Waals surface area contributed by atoms with Crippen LogP contribution in [-0.2, 0) is 10.3 Å². The van der Waals surface area contributed by atoms with Crippen LogP contribution in [0, 0.1) is 0 Å². The zero-order valence-electron chi connectivity index (χ0n) is 14.4. The number of esters is 1. The summed E-state index contributed by atoms with van der Waals surface area (Å²) in [5.74, 6) is 0.166. The molecule has 1 atom stereocenters. The molecule has 1 unspecified atom stereocenters. The molecule has 2 aromatic rings. The fraction of sp³-hybridized carbons (Fsp3) is 0.278. The largest absolute Gasteiger partial charge is 0.465 e. The van der Waals surface area contributed by atoms with E-state index in [-0.39, 0.29) is 11.4 Å². The Morgan fingerprint density at radius 1 is 1.27 bits per heavy atom. The van der Waals surface area contributed by atoms with Crippen molar-refractivity contribution in [2.45, 2.75) is 18.9 Å². The molecule has 0 saturated carbocycles. The summed E-state index contributed by atoms with van der Waals surface area (Å²) in [7, 11) is 1.31. The lowest BCUT2D eigenvalue weighted by Crippen LogP contribution is -2.28. The maximum atomic E-state index is 12.5. The highest BCUT2D eigenvalue weighted by molar-refractivity contribution is 8.13. The Labute approximate surface area is 159 Å². The molecule has 0 spiro atoms. The fourth-order valence-corrected chi connectivity index (χ4v) is 4.47. The van der Waals surface area contributed by atoms with Crippen molar-refractivity contribution in [1.29, 1.82) is 0 Å². The number of anilines is 1. The molecule has 1 aliphatic rings. The Balaban J connectivity index is 1.77. The number of methoxy groups -OCH3 is 1.